The second-order valence-corrected chi connectivity index (χ2v) is 3.87. The Labute approximate surface area is 95.7 Å². The highest BCUT2D eigenvalue weighted by molar-refractivity contribution is 9.10. The maximum Gasteiger partial charge on any atom is 0.160 e. The second kappa shape index (κ2) is 4.48. The minimum absolute atomic E-state index is 0.734. The van der Waals surface area contributed by atoms with E-state index in [1.54, 1.807) is 11.0 Å². The summed E-state index contributed by atoms with van der Waals surface area (Å²) in [6, 6.07) is 1.81. The summed E-state index contributed by atoms with van der Waals surface area (Å²) in [6.07, 6.45) is 4.98. The Morgan fingerprint density at radius 2 is 2.27 bits per heavy atom. The fraction of sp³-hybridized carbons (Fsp3) is 0.333. The van der Waals surface area contributed by atoms with Gasteiger partial charge in [0.05, 0.1) is 0 Å². The van der Waals surface area contributed by atoms with Gasteiger partial charge >= 0.3 is 0 Å². The van der Waals surface area contributed by atoms with Gasteiger partial charge in [0, 0.05) is 12.5 Å². The van der Waals surface area contributed by atoms with Crippen molar-refractivity contribution >= 4 is 15.9 Å². The molecule has 2 aromatic heterocycles. The molecule has 0 saturated carbocycles. The van der Waals surface area contributed by atoms with Crippen LogP contribution in [0.4, 0.5) is 0 Å². The van der Waals surface area contributed by atoms with E-state index in [0.717, 1.165) is 29.1 Å². The normalized spacial score (nSPS) is 10.5. The molecule has 0 radical (unpaired) electrons. The van der Waals surface area contributed by atoms with Gasteiger partial charge in [0.15, 0.2) is 5.82 Å². The van der Waals surface area contributed by atoms with E-state index in [1.165, 1.54) is 6.33 Å². The highest BCUT2D eigenvalue weighted by Crippen LogP contribution is 2.11. The van der Waals surface area contributed by atoms with Crippen molar-refractivity contribution in [3.63, 3.8) is 0 Å². The minimum Gasteiger partial charge on any atom is -0.226 e. The number of aryl methyl sites for hydroxylation is 1. The van der Waals surface area contributed by atoms with Crippen LogP contribution < -0.4 is 0 Å². The van der Waals surface area contributed by atoms with Crippen molar-refractivity contribution in [1.29, 1.82) is 0 Å². The summed E-state index contributed by atoms with van der Waals surface area (Å²) in [5.74, 6) is 1.55. The van der Waals surface area contributed by atoms with Crippen LogP contribution in [-0.4, -0.2) is 24.7 Å². The Balaban J connectivity index is 2.40. The second-order valence-electron chi connectivity index (χ2n) is 3.06. The standard InChI is InChI=1S/C9H10BrN5/c1-2-3-8-13-7(10)4-9(14-8)15-6-11-5-12-15/h4-6H,2-3H2,1H3. The Kier molecular flexibility index (Phi) is 3.05. The topological polar surface area (TPSA) is 56.5 Å². The lowest BCUT2D eigenvalue weighted by Crippen LogP contribution is -2.03. The van der Waals surface area contributed by atoms with Crippen molar-refractivity contribution in [2.45, 2.75) is 19.8 Å². The third-order valence-corrected chi connectivity index (χ3v) is 2.26. The molecule has 5 nitrogen and oxygen atoms in total. The monoisotopic (exact) mass is 267 g/mol. The third kappa shape index (κ3) is 2.38. The lowest BCUT2D eigenvalue weighted by molar-refractivity contribution is 0.779. The smallest absolute Gasteiger partial charge is 0.160 e. The van der Waals surface area contributed by atoms with Crippen LogP contribution in [0.15, 0.2) is 23.3 Å². The van der Waals surface area contributed by atoms with Crippen LogP contribution in [0.25, 0.3) is 5.82 Å². The van der Waals surface area contributed by atoms with Crippen LogP contribution in [0.1, 0.15) is 19.2 Å². The van der Waals surface area contributed by atoms with Crippen molar-refractivity contribution in [2.75, 3.05) is 0 Å². The molecule has 0 amide bonds. The first kappa shape index (κ1) is 10.2. The van der Waals surface area contributed by atoms with Crippen LogP contribution in [0, 0.1) is 0 Å². The van der Waals surface area contributed by atoms with Gasteiger partial charge in [-0.25, -0.2) is 19.6 Å². The quantitative estimate of drug-likeness (QED) is 0.796. The molecule has 0 aliphatic heterocycles. The summed E-state index contributed by atoms with van der Waals surface area (Å²) >= 11 is 3.36. The summed E-state index contributed by atoms with van der Waals surface area (Å²) in [4.78, 5) is 12.5. The van der Waals surface area contributed by atoms with Gasteiger partial charge in [-0.3, -0.25) is 0 Å². The third-order valence-electron chi connectivity index (χ3n) is 1.85. The van der Waals surface area contributed by atoms with Gasteiger partial charge in [-0.2, -0.15) is 5.10 Å². The van der Waals surface area contributed by atoms with E-state index in [-0.39, 0.29) is 0 Å². The fourth-order valence-corrected chi connectivity index (χ4v) is 1.64. The van der Waals surface area contributed by atoms with Crippen molar-refractivity contribution in [2.24, 2.45) is 0 Å². The predicted octanol–water partition coefficient (Wildman–Crippen LogP) is 1.77. The molecule has 2 rings (SSSR count). The molecule has 2 heterocycles. The Morgan fingerprint density at radius 1 is 1.40 bits per heavy atom. The molecule has 0 aliphatic carbocycles. The Bertz CT molecular complexity index is 440. The number of hydrogen-bond acceptors (Lipinski definition) is 4. The summed E-state index contributed by atoms with van der Waals surface area (Å²) in [5.41, 5.74) is 0. The molecule has 0 bridgehead atoms. The van der Waals surface area contributed by atoms with Crippen LogP contribution in [0.3, 0.4) is 0 Å². The molecular weight excluding hydrogens is 258 g/mol. The maximum absolute atomic E-state index is 4.39. The van der Waals surface area contributed by atoms with Crippen LogP contribution >= 0.6 is 15.9 Å². The molecular formula is C9H10BrN5. The summed E-state index contributed by atoms with van der Waals surface area (Å²) < 4.78 is 2.39. The van der Waals surface area contributed by atoms with Gasteiger partial charge < -0.3 is 0 Å². The highest BCUT2D eigenvalue weighted by atomic mass is 79.9. The zero-order valence-electron chi connectivity index (χ0n) is 8.26. The van der Waals surface area contributed by atoms with E-state index in [0.29, 0.717) is 0 Å². The highest BCUT2D eigenvalue weighted by Gasteiger charge is 2.04. The van der Waals surface area contributed by atoms with Gasteiger partial charge in [0.2, 0.25) is 0 Å². The van der Waals surface area contributed by atoms with E-state index >= 15 is 0 Å². The zero-order chi connectivity index (χ0) is 10.7. The van der Waals surface area contributed by atoms with E-state index in [1.807, 2.05) is 6.07 Å². The molecule has 0 aliphatic rings. The van der Waals surface area contributed by atoms with E-state index in [2.05, 4.69) is 42.9 Å². The molecule has 0 atom stereocenters. The summed E-state index contributed by atoms with van der Waals surface area (Å²) in [7, 11) is 0. The van der Waals surface area contributed by atoms with E-state index in [9.17, 15) is 0 Å². The van der Waals surface area contributed by atoms with Crippen LogP contribution in [0.5, 0.6) is 0 Å². The van der Waals surface area contributed by atoms with E-state index in [4.69, 9.17) is 0 Å². The van der Waals surface area contributed by atoms with Gasteiger partial charge in [-0.1, -0.05) is 6.92 Å². The number of nitrogens with zero attached hydrogens (tertiary/aromatic N) is 5. The lowest BCUT2D eigenvalue weighted by atomic mass is 10.3. The summed E-state index contributed by atoms with van der Waals surface area (Å²) in [6.45, 7) is 2.10. The first-order chi connectivity index (χ1) is 7.29. The van der Waals surface area contributed by atoms with Crippen molar-refractivity contribution in [1.82, 2.24) is 24.7 Å². The number of hydrogen-bond donors (Lipinski definition) is 0. The number of aromatic nitrogens is 5. The predicted molar refractivity (Wildman–Crippen MR) is 58.6 cm³/mol. The molecule has 0 spiro atoms. The zero-order valence-corrected chi connectivity index (χ0v) is 9.85. The van der Waals surface area contributed by atoms with Crippen molar-refractivity contribution in [3.8, 4) is 5.82 Å². The first-order valence-electron chi connectivity index (χ1n) is 4.68. The fourth-order valence-electron chi connectivity index (χ4n) is 1.23. The molecule has 0 unspecified atom stereocenters. The van der Waals surface area contributed by atoms with E-state index < -0.39 is 0 Å². The van der Waals surface area contributed by atoms with Crippen LogP contribution in [-0.2, 0) is 6.42 Å². The number of halogens is 1. The number of rotatable bonds is 3. The molecule has 0 saturated heterocycles. The Morgan fingerprint density at radius 3 is 2.93 bits per heavy atom. The largest absolute Gasteiger partial charge is 0.226 e. The van der Waals surface area contributed by atoms with Crippen LogP contribution in [0.2, 0.25) is 0 Å². The lowest BCUT2D eigenvalue weighted by Gasteiger charge is -2.03. The average Bonchev–Trinajstić information content (AvgIpc) is 2.70. The molecule has 2 aromatic rings. The molecule has 0 fully saturated rings. The first-order valence-corrected chi connectivity index (χ1v) is 5.47. The van der Waals surface area contributed by atoms with Gasteiger partial charge in [0.25, 0.3) is 0 Å². The minimum atomic E-state index is 0.734. The van der Waals surface area contributed by atoms with Gasteiger partial charge in [-0.05, 0) is 22.4 Å². The van der Waals surface area contributed by atoms with Gasteiger partial charge in [0.1, 0.15) is 23.1 Å². The Hall–Kier alpha value is -1.30. The molecule has 0 N–H and O–H groups in total. The summed E-state index contributed by atoms with van der Waals surface area (Å²) in [5, 5.41) is 4.02. The molecule has 78 valence electrons. The van der Waals surface area contributed by atoms with Crippen molar-refractivity contribution in [3.05, 3.63) is 29.1 Å². The molecule has 6 heteroatoms. The molecule has 0 aromatic carbocycles. The maximum atomic E-state index is 4.39. The SMILES string of the molecule is CCCc1nc(Br)cc(-n2cncn2)n1. The van der Waals surface area contributed by atoms with Gasteiger partial charge in [-0.15, -0.1) is 0 Å². The van der Waals surface area contributed by atoms with Crippen molar-refractivity contribution < 1.29 is 0 Å². The molecule has 15 heavy (non-hydrogen) atoms. The average molecular weight is 268 g/mol.